The summed E-state index contributed by atoms with van der Waals surface area (Å²) in [7, 11) is 1.63. The lowest BCUT2D eigenvalue weighted by Gasteiger charge is -2.16. The van der Waals surface area contributed by atoms with Gasteiger partial charge in [0.2, 0.25) is 0 Å². The summed E-state index contributed by atoms with van der Waals surface area (Å²) in [6.45, 7) is 4.05. The van der Waals surface area contributed by atoms with E-state index >= 15 is 0 Å². The van der Waals surface area contributed by atoms with Crippen molar-refractivity contribution in [2.24, 2.45) is 0 Å². The van der Waals surface area contributed by atoms with E-state index < -0.39 is 6.10 Å². The van der Waals surface area contributed by atoms with Crippen molar-refractivity contribution in [2.75, 3.05) is 33.5 Å². The van der Waals surface area contributed by atoms with Crippen LogP contribution in [-0.4, -0.2) is 44.7 Å². The van der Waals surface area contributed by atoms with Crippen molar-refractivity contribution in [1.29, 1.82) is 0 Å². The third-order valence-electron chi connectivity index (χ3n) is 2.37. The highest BCUT2D eigenvalue weighted by Crippen LogP contribution is 2.17. The van der Waals surface area contributed by atoms with Crippen molar-refractivity contribution in [3.8, 4) is 0 Å². The zero-order valence-electron chi connectivity index (χ0n) is 10.4. The summed E-state index contributed by atoms with van der Waals surface area (Å²) in [5.41, 5.74) is 0. The van der Waals surface area contributed by atoms with Crippen LogP contribution in [0.2, 0.25) is 0 Å². The minimum absolute atomic E-state index is 0.267. The monoisotopic (exact) mass is 259 g/mol. The number of aliphatic hydroxyl groups excluding tert-OH is 1. The van der Waals surface area contributed by atoms with Gasteiger partial charge in [0.25, 0.3) is 0 Å². The van der Waals surface area contributed by atoms with Crippen molar-refractivity contribution in [3.63, 3.8) is 0 Å². The van der Waals surface area contributed by atoms with Crippen LogP contribution >= 0.6 is 11.3 Å². The van der Waals surface area contributed by atoms with Crippen molar-refractivity contribution < 1.29 is 14.6 Å². The molecule has 1 aromatic rings. The highest BCUT2D eigenvalue weighted by molar-refractivity contribution is 7.10. The van der Waals surface area contributed by atoms with Gasteiger partial charge in [-0.05, 0) is 18.4 Å². The molecule has 0 aliphatic carbocycles. The van der Waals surface area contributed by atoms with Crippen LogP contribution in [0.5, 0.6) is 0 Å². The van der Waals surface area contributed by atoms with Crippen LogP contribution in [0, 0.1) is 0 Å². The molecule has 4 nitrogen and oxygen atoms in total. The molecule has 0 amide bonds. The molecule has 0 aliphatic heterocycles. The molecule has 0 fully saturated rings. The van der Waals surface area contributed by atoms with Crippen LogP contribution < -0.4 is 5.32 Å². The molecule has 0 spiro atoms. The summed E-state index contributed by atoms with van der Waals surface area (Å²) in [6.07, 6.45) is -0.478. The molecular weight excluding hydrogens is 238 g/mol. The topological polar surface area (TPSA) is 50.7 Å². The smallest absolute Gasteiger partial charge is 0.0897 e. The molecular formula is C12H21NO3S. The standard InChI is InChI=1S/C12H21NO3S/c1-10(12-4-3-7-17-12)13-8-11(14)9-16-6-5-15-2/h3-4,7,10-11,13-14H,5-6,8-9H2,1-2H3/t10-,11?/m0/s1. The quantitative estimate of drug-likeness (QED) is 0.659. The lowest BCUT2D eigenvalue weighted by Crippen LogP contribution is -2.32. The molecule has 0 aliphatic rings. The number of hydrogen-bond donors (Lipinski definition) is 2. The van der Waals surface area contributed by atoms with E-state index in [1.165, 1.54) is 4.88 Å². The molecule has 2 atom stereocenters. The summed E-state index contributed by atoms with van der Waals surface area (Å²) in [5, 5.41) is 15.0. The van der Waals surface area contributed by atoms with E-state index in [1.807, 2.05) is 6.07 Å². The second kappa shape index (κ2) is 8.60. The number of hydrogen-bond acceptors (Lipinski definition) is 5. The molecule has 1 unspecified atom stereocenters. The fourth-order valence-electron chi connectivity index (χ4n) is 1.37. The van der Waals surface area contributed by atoms with Gasteiger partial charge in [0.15, 0.2) is 0 Å². The van der Waals surface area contributed by atoms with E-state index in [2.05, 4.69) is 23.7 Å². The van der Waals surface area contributed by atoms with Crippen molar-refractivity contribution in [1.82, 2.24) is 5.32 Å². The van der Waals surface area contributed by atoms with E-state index in [-0.39, 0.29) is 6.04 Å². The first kappa shape index (κ1) is 14.6. The Morgan fingerprint density at radius 3 is 2.94 bits per heavy atom. The molecule has 98 valence electrons. The second-order valence-electron chi connectivity index (χ2n) is 3.87. The minimum Gasteiger partial charge on any atom is -0.389 e. The average Bonchev–Trinajstić information content (AvgIpc) is 2.85. The summed E-state index contributed by atoms with van der Waals surface area (Å²) >= 11 is 1.72. The molecule has 0 bridgehead atoms. The largest absolute Gasteiger partial charge is 0.389 e. The van der Waals surface area contributed by atoms with Gasteiger partial charge in [0.1, 0.15) is 0 Å². The molecule has 1 rings (SSSR count). The summed E-state index contributed by atoms with van der Waals surface area (Å²) in [4.78, 5) is 1.28. The minimum atomic E-state index is -0.478. The molecule has 0 saturated heterocycles. The van der Waals surface area contributed by atoms with Gasteiger partial charge in [-0.1, -0.05) is 6.07 Å². The van der Waals surface area contributed by atoms with Crippen molar-refractivity contribution in [2.45, 2.75) is 19.1 Å². The zero-order chi connectivity index (χ0) is 12.5. The average molecular weight is 259 g/mol. The van der Waals surface area contributed by atoms with Gasteiger partial charge in [-0.3, -0.25) is 0 Å². The van der Waals surface area contributed by atoms with Crippen LogP contribution in [0.3, 0.4) is 0 Å². The number of aliphatic hydroxyl groups is 1. The Labute approximate surface area is 107 Å². The van der Waals surface area contributed by atoms with Crippen molar-refractivity contribution in [3.05, 3.63) is 22.4 Å². The van der Waals surface area contributed by atoms with E-state index in [4.69, 9.17) is 9.47 Å². The van der Waals surface area contributed by atoms with Crippen LogP contribution in [0.15, 0.2) is 17.5 Å². The number of nitrogens with one attached hydrogen (secondary N) is 1. The van der Waals surface area contributed by atoms with E-state index in [0.717, 1.165) is 0 Å². The molecule has 0 aromatic carbocycles. The molecule has 0 saturated carbocycles. The first-order valence-electron chi connectivity index (χ1n) is 5.75. The SMILES string of the molecule is COCCOCC(O)CN[C@@H](C)c1cccs1. The molecule has 5 heteroatoms. The zero-order valence-corrected chi connectivity index (χ0v) is 11.2. The normalized spacial score (nSPS) is 14.8. The molecule has 1 heterocycles. The molecule has 1 aromatic heterocycles. The fraction of sp³-hybridized carbons (Fsp3) is 0.667. The Morgan fingerprint density at radius 1 is 1.47 bits per heavy atom. The summed E-state index contributed by atoms with van der Waals surface area (Å²) in [5.74, 6) is 0. The van der Waals surface area contributed by atoms with Gasteiger partial charge in [-0.25, -0.2) is 0 Å². The van der Waals surface area contributed by atoms with Crippen LogP contribution in [0.25, 0.3) is 0 Å². The van der Waals surface area contributed by atoms with Crippen LogP contribution in [0.1, 0.15) is 17.8 Å². The Kier molecular flexibility index (Phi) is 7.39. The maximum atomic E-state index is 9.67. The van der Waals surface area contributed by atoms with Gasteiger partial charge in [0, 0.05) is 24.6 Å². The van der Waals surface area contributed by atoms with E-state index in [1.54, 1.807) is 18.4 Å². The van der Waals surface area contributed by atoms with Crippen LogP contribution in [0.4, 0.5) is 0 Å². The molecule has 0 radical (unpaired) electrons. The second-order valence-corrected chi connectivity index (χ2v) is 4.85. The number of methoxy groups -OCH3 is 1. The van der Waals surface area contributed by atoms with E-state index in [9.17, 15) is 5.11 Å². The summed E-state index contributed by atoms with van der Waals surface area (Å²) in [6, 6.07) is 4.38. The Bertz CT molecular complexity index is 279. The molecule has 2 N–H and O–H groups in total. The van der Waals surface area contributed by atoms with Gasteiger partial charge < -0.3 is 19.9 Å². The third kappa shape index (κ3) is 6.14. The van der Waals surface area contributed by atoms with Gasteiger partial charge >= 0.3 is 0 Å². The maximum Gasteiger partial charge on any atom is 0.0897 e. The van der Waals surface area contributed by atoms with Crippen molar-refractivity contribution >= 4 is 11.3 Å². The van der Waals surface area contributed by atoms with Gasteiger partial charge in [-0.2, -0.15) is 0 Å². The lowest BCUT2D eigenvalue weighted by molar-refractivity contribution is 0.0131. The predicted molar refractivity (Wildman–Crippen MR) is 69.4 cm³/mol. The predicted octanol–water partition coefficient (Wildman–Crippen LogP) is 1.42. The maximum absolute atomic E-state index is 9.67. The Morgan fingerprint density at radius 2 is 2.29 bits per heavy atom. The summed E-state index contributed by atoms with van der Waals surface area (Å²) < 4.78 is 10.1. The van der Waals surface area contributed by atoms with E-state index in [0.29, 0.717) is 26.4 Å². The Balaban J connectivity index is 2.09. The molecule has 17 heavy (non-hydrogen) atoms. The first-order chi connectivity index (χ1) is 8.24. The number of ether oxygens (including phenoxy) is 2. The fourth-order valence-corrected chi connectivity index (χ4v) is 2.13. The number of thiophene rings is 1. The highest BCUT2D eigenvalue weighted by atomic mass is 32.1. The van der Waals surface area contributed by atoms with Gasteiger partial charge in [-0.15, -0.1) is 11.3 Å². The first-order valence-corrected chi connectivity index (χ1v) is 6.63. The number of rotatable bonds is 9. The van der Waals surface area contributed by atoms with Crippen LogP contribution in [-0.2, 0) is 9.47 Å². The third-order valence-corrected chi connectivity index (χ3v) is 3.43. The van der Waals surface area contributed by atoms with Gasteiger partial charge in [0.05, 0.1) is 25.9 Å². The lowest BCUT2D eigenvalue weighted by atomic mass is 10.2. The highest BCUT2D eigenvalue weighted by Gasteiger charge is 2.09. The Hall–Kier alpha value is -0.460.